The Labute approximate surface area is 126 Å². The summed E-state index contributed by atoms with van der Waals surface area (Å²) in [5.74, 6) is 0.748. The normalized spacial score (nSPS) is 12.2. The fourth-order valence-electron chi connectivity index (χ4n) is 1.71. The molecule has 2 aromatic rings. The predicted molar refractivity (Wildman–Crippen MR) is 82.5 cm³/mol. The lowest BCUT2D eigenvalue weighted by Crippen LogP contribution is -2.05. The van der Waals surface area contributed by atoms with Crippen molar-refractivity contribution in [1.29, 1.82) is 0 Å². The minimum atomic E-state index is -0.0759. The second-order valence-electron chi connectivity index (χ2n) is 4.39. The van der Waals surface area contributed by atoms with Crippen molar-refractivity contribution in [3.8, 4) is 5.75 Å². The molecule has 0 heterocycles. The molecule has 0 bridgehead atoms. The highest BCUT2D eigenvalue weighted by atomic mass is 79.9. The lowest BCUT2D eigenvalue weighted by atomic mass is 10.1. The van der Waals surface area contributed by atoms with E-state index in [2.05, 4.69) is 15.9 Å². The molecule has 0 fully saturated rings. The Hall–Kier alpha value is -1.03. The van der Waals surface area contributed by atoms with Crippen LogP contribution in [0.3, 0.4) is 0 Å². The summed E-state index contributed by atoms with van der Waals surface area (Å²) in [6, 6.07) is 13.5. The van der Waals surface area contributed by atoms with E-state index >= 15 is 0 Å². The lowest BCUT2D eigenvalue weighted by molar-refractivity contribution is 0.306. The van der Waals surface area contributed by atoms with Gasteiger partial charge in [0.2, 0.25) is 0 Å². The average molecular weight is 341 g/mol. The van der Waals surface area contributed by atoms with Crippen LogP contribution in [0.5, 0.6) is 5.75 Å². The first-order valence-corrected chi connectivity index (χ1v) is 7.15. The second-order valence-corrected chi connectivity index (χ2v) is 5.71. The third kappa shape index (κ3) is 3.96. The van der Waals surface area contributed by atoms with Crippen LogP contribution in [0.2, 0.25) is 5.02 Å². The van der Waals surface area contributed by atoms with E-state index in [-0.39, 0.29) is 6.04 Å². The molecule has 0 radical (unpaired) electrons. The van der Waals surface area contributed by atoms with Crippen molar-refractivity contribution >= 4 is 27.5 Å². The van der Waals surface area contributed by atoms with Gasteiger partial charge in [-0.1, -0.05) is 45.7 Å². The Morgan fingerprint density at radius 1 is 1.21 bits per heavy atom. The summed E-state index contributed by atoms with van der Waals surface area (Å²) in [4.78, 5) is 0. The molecule has 0 aliphatic carbocycles. The molecular weight excluding hydrogens is 326 g/mol. The van der Waals surface area contributed by atoms with Gasteiger partial charge in [-0.3, -0.25) is 0 Å². The number of benzene rings is 2. The maximum Gasteiger partial charge on any atom is 0.121 e. The van der Waals surface area contributed by atoms with Gasteiger partial charge < -0.3 is 10.5 Å². The van der Waals surface area contributed by atoms with Gasteiger partial charge in [0, 0.05) is 15.5 Å². The van der Waals surface area contributed by atoms with Crippen molar-refractivity contribution in [3.05, 3.63) is 63.1 Å². The molecule has 2 aromatic carbocycles. The van der Waals surface area contributed by atoms with Crippen LogP contribution in [0.1, 0.15) is 24.1 Å². The second kappa shape index (κ2) is 6.42. The van der Waals surface area contributed by atoms with Gasteiger partial charge in [-0.15, -0.1) is 0 Å². The standard InChI is InChI=1S/C15H15BrClNO/c1-10(18)14-7-6-13(8-15(14)17)19-9-11-2-4-12(16)5-3-11/h2-8,10H,9,18H2,1H3. The highest BCUT2D eigenvalue weighted by Crippen LogP contribution is 2.26. The van der Waals surface area contributed by atoms with E-state index in [9.17, 15) is 0 Å². The first kappa shape index (κ1) is 14.4. The van der Waals surface area contributed by atoms with Crippen LogP contribution < -0.4 is 10.5 Å². The van der Waals surface area contributed by atoms with Crippen LogP contribution >= 0.6 is 27.5 Å². The van der Waals surface area contributed by atoms with Crippen molar-refractivity contribution in [2.45, 2.75) is 19.6 Å². The van der Waals surface area contributed by atoms with Crippen LogP contribution in [0, 0.1) is 0 Å². The smallest absolute Gasteiger partial charge is 0.121 e. The zero-order chi connectivity index (χ0) is 13.8. The summed E-state index contributed by atoms with van der Waals surface area (Å²) >= 11 is 9.56. The SMILES string of the molecule is CC(N)c1ccc(OCc2ccc(Br)cc2)cc1Cl. The van der Waals surface area contributed by atoms with Crippen LogP contribution in [-0.4, -0.2) is 0 Å². The lowest BCUT2D eigenvalue weighted by Gasteiger charge is -2.11. The predicted octanol–water partition coefficient (Wildman–Crippen LogP) is 4.70. The summed E-state index contributed by atoms with van der Waals surface area (Å²) in [6.07, 6.45) is 0. The molecule has 0 saturated carbocycles. The minimum absolute atomic E-state index is 0.0759. The van der Waals surface area contributed by atoms with Crippen molar-refractivity contribution in [3.63, 3.8) is 0 Å². The molecule has 0 aliphatic rings. The molecule has 0 amide bonds. The number of hydrogen-bond acceptors (Lipinski definition) is 2. The molecule has 2 N–H and O–H groups in total. The van der Waals surface area contributed by atoms with Crippen molar-refractivity contribution < 1.29 is 4.74 Å². The number of hydrogen-bond donors (Lipinski definition) is 1. The largest absolute Gasteiger partial charge is 0.489 e. The Morgan fingerprint density at radius 2 is 1.89 bits per heavy atom. The van der Waals surface area contributed by atoms with Crippen molar-refractivity contribution in [1.82, 2.24) is 0 Å². The topological polar surface area (TPSA) is 35.2 Å². The number of nitrogens with two attached hydrogens (primary N) is 1. The summed E-state index contributed by atoms with van der Waals surface area (Å²) in [7, 11) is 0. The van der Waals surface area contributed by atoms with E-state index in [4.69, 9.17) is 22.1 Å². The molecule has 0 aliphatic heterocycles. The van der Waals surface area contributed by atoms with E-state index in [1.807, 2.05) is 43.3 Å². The fraction of sp³-hybridized carbons (Fsp3) is 0.200. The fourth-order valence-corrected chi connectivity index (χ4v) is 2.32. The molecule has 0 aromatic heterocycles. The number of rotatable bonds is 4. The van der Waals surface area contributed by atoms with Crippen LogP contribution in [0.25, 0.3) is 0 Å². The van der Waals surface area contributed by atoms with Crippen molar-refractivity contribution in [2.24, 2.45) is 5.73 Å². The third-order valence-electron chi connectivity index (χ3n) is 2.78. The summed E-state index contributed by atoms with van der Waals surface area (Å²) < 4.78 is 6.76. The van der Waals surface area contributed by atoms with Crippen LogP contribution in [0.4, 0.5) is 0 Å². The molecule has 1 unspecified atom stereocenters. The maximum absolute atomic E-state index is 6.16. The van der Waals surface area contributed by atoms with Gasteiger partial charge >= 0.3 is 0 Å². The number of ether oxygens (including phenoxy) is 1. The Kier molecular flexibility index (Phi) is 4.86. The molecule has 4 heteroatoms. The highest BCUT2D eigenvalue weighted by molar-refractivity contribution is 9.10. The van der Waals surface area contributed by atoms with Gasteiger partial charge in [-0.2, -0.15) is 0 Å². The van der Waals surface area contributed by atoms with E-state index in [0.29, 0.717) is 11.6 Å². The molecule has 2 nitrogen and oxygen atoms in total. The third-order valence-corrected chi connectivity index (χ3v) is 3.64. The zero-order valence-corrected chi connectivity index (χ0v) is 12.9. The zero-order valence-electron chi connectivity index (χ0n) is 10.6. The van der Waals surface area contributed by atoms with E-state index in [1.54, 1.807) is 6.07 Å². The van der Waals surface area contributed by atoms with Gasteiger partial charge in [-0.05, 0) is 42.3 Å². The minimum Gasteiger partial charge on any atom is -0.489 e. The summed E-state index contributed by atoms with van der Waals surface area (Å²) in [5.41, 5.74) is 7.85. The highest BCUT2D eigenvalue weighted by Gasteiger charge is 2.06. The molecule has 19 heavy (non-hydrogen) atoms. The van der Waals surface area contributed by atoms with Crippen LogP contribution in [0.15, 0.2) is 46.9 Å². The Bertz CT molecular complexity index is 555. The molecule has 1 atom stereocenters. The summed E-state index contributed by atoms with van der Waals surface area (Å²) in [5, 5.41) is 0.642. The van der Waals surface area contributed by atoms with Crippen LogP contribution in [-0.2, 0) is 6.61 Å². The van der Waals surface area contributed by atoms with E-state index in [0.717, 1.165) is 21.3 Å². The summed E-state index contributed by atoms with van der Waals surface area (Å²) in [6.45, 7) is 2.42. The monoisotopic (exact) mass is 339 g/mol. The first-order valence-electron chi connectivity index (χ1n) is 5.98. The molecule has 0 spiro atoms. The quantitative estimate of drug-likeness (QED) is 0.875. The first-order chi connectivity index (χ1) is 9.06. The van der Waals surface area contributed by atoms with Gasteiger partial charge in [-0.25, -0.2) is 0 Å². The van der Waals surface area contributed by atoms with E-state index in [1.165, 1.54) is 0 Å². The Morgan fingerprint density at radius 3 is 2.47 bits per heavy atom. The molecule has 0 saturated heterocycles. The molecule has 100 valence electrons. The van der Waals surface area contributed by atoms with Gasteiger partial charge in [0.25, 0.3) is 0 Å². The Balaban J connectivity index is 2.04. The van der Waals surface area contributed by atoms with E-state index < -0.39 is 0 Å². The van der Waals surface area contributed by atoms with Gasteiger partial charge in [0.15, 0.2) is 0 Å². The number of halogens is 2. The molecule has 2 rings (SSSR count). The molecular formula is C15H15BrClNO. The van der Waals surface area contributed by atoms with Gasteiger partial charge in [0.05, 0.1) is 0 Å². The van der Waals surface area contributed by atoms with Crippen molar-refractivity contribution in [2.75, 3.05) is 0 Å². The average Bonchev–Trinajstić information content (AvgIpc) is 2.37. The maximum atomic E-state index is 6.16. The van der Waals surface area contributed by atoms with Gasteiger partial charge in [0.1, 0.15) is 12.4 Å².